The van der Waals surface area contributed by atoms with Crippen molar-refractivity contribution in [3.8, 4) is 0 Å². The van der Waals surface area contributed by atoms with Crippen LogP contribution in [-0.4, -0.2) is 50.1 Å². The number of hydrogen-bond donors (Lipinski definition) is 0. The second-order valence-corrected chi connectivity index (χ2v) is 9.94. The third-order valence-electron chi connectivity index (χ3n) is 8.39. The normalized spacial score (nSPS) is 28.2. The van der Waals surface area contributed by atoms with E-state index in [0.717, 1.165) is 49.2 Å². The molecule has 2 fully saturated rings. The van der Waals surface area contributed by atoms with Crippen molar-refractivity contribution >= 4 is 17.6 Å². The minimum absolute atomic E-state index is 0.0215. The maximum absolute atomic E-state index is 14.4. The van der Waals surface area contributed by atoms with Gasteiger partial charge in [0.2, 0.25) is 5.91 Å². The molecule has 6 heteroatoms. The number of carbonyl (C=O) groups is 2. The highest BCUT2D eigenvalue weighted by molar-refractivity contribution is 6.09. The standard InChI is InChI=1S/C29H34N2O4/c1-4-21-18-30-15-14-29(26(30)16-22(21)23(19-34-2)27(32)35-3)24-12-8-9-13-25(24)31(28(29)33)17-20-10-6-5-7-11-20/h5-13,19,21-22,26H,4,14-18H2,1-3H3/b23-19+/t21-,22-,26?,29+/m0/s1. The highest BCUT2D eigenvalue weighted by Gasteiger charge is 2.62. The van der Waals surface area contributed by atoms with Crippen LogP contribution < -0.4 is 4.90 Å². The molecule has 2 aromatic rings. The van der Waals surface area contributed by atoms with Gasteiger partial charge in [-0.3, -0.25) is 9.69 Å². The van der Waals surface area contributed by atoms with Crippen LogP contribution in [0.3, 0.4) is 0 Å². The average Bonchev–Trinajstić information content (AvgIpc) is 3.38. The van der Waals surface area contributed by atoms with Crippen LogP contribution in [0.15, 0.2) is 66.4 Å². The molecule has 5 rings (SSSR count). The molecule has 1 unspecified atom stereocenters. The quantitative estimate of drug-likeness (QED) is 0.355. The summed E-state index contributed by atoms with van der Waals surface area (Å²) in [6, 6.07) is 18.5. The molecule has 184 valence electrons. The SMILES string of the molecule is CC[C@H]1CN2CC[C@]3(C(=O)N(Cc4ccccc4)c4ccccc43)C2C[C@@H]1/C(=C\OC)C(=O)OC. The van der Waals surface area contributed by atoms with E-state index >= 15 is 0 Å². The Hall–Kier alpha value is -3.12. The van der Waals surface area contributed by atoms with E-state index in [1.807, 2.05) is 35.2 Å². The van der Waals surface area contributed by atoms with E-state index in [9.17, 15) is 9.59 Å². The summed E-state index contributed by atoms with van der Waals surface area (Å²) in [5.74, 6) is 0.111. The summed E-state index contributed by atoms with van der Waals surface area (Å²) in [6.45, 7) is 4.47. The minimum atomic E-state index is -0.601. The van der Waals surface area contributed by atoms with Crippen molar-refractivity contribution in [2.24, 2.45) is 11.8 Å². The van der Waals surface area contributed by atoms with Gasteiger partial charge >= 0.3 is 5.97 Å². The van der Waals surface area contributed by atoms with Gasteiger partial charge in [0.1, 0.15) is 0 Å². The molecule has 3 aliphatic heterocycles. The van der Waals surface area contributed by atoms with Crippen LogP contribution in [0, 0.1) is 11.8 Å². The molecule has 0 bridgehead atoms. The number of hydrogen-bond acceptors (Lipinski definition) is 5. The maximum atomic E-state index is 14.4. The van der Waals surface area contributed by atoms with E-state index in [4.69, 9.17) is 9.47 Å². The summed E-state index contributed by atoms with van der Waals surface area (Å²) in [7, 11) is 2.98. The highest BCUT2D eigenvalue weighted by atomic mass is 16.5. The van der Waals surface area contributed by atoms with E-state index < -0.39 is 5.41 Å². The lowest BCUT2D eigenvalue weighted by Crippen LogP contribution is -2.54. The topological polar surface area (TPSA) is 59.1 Å². The molecule has 0 radical (unpaired) electrons. The van der Waals surface area contributed by atoms with Gasteiger partial charge in [-0.05, 0) is 48.4 Å². The van der Waals surface area contributed by atoms with Crippen LogP contribution in [-0.2, 0) is 31.0 Å². The summed E-state index contributed by atoms with van der Waals surface area (Å²) in [5.41, 5.74) is 3.22. The molecule has 2 aromatic carbocycles. The van der Waals surface area contributed by atoms with Crippen LogP contribution >= 0.6 is 0 Å². The average molecular weight is 475 g/mol. The Morgan fingerprint density at radius 2 is 1.86 bits per heavy atom. The molecular formula is C29H34N2O4. The number of nitrogens with zero attached hydrogens (tertiary/aromatic N) is 2. The Labute approximate surface area is 207 Å². The summed E-state index contributed by atoms with van der Waals surface area (Å²) < 4.78 is 10.4. The predicted molar refractivity (Wildman–Crippen MR) is 135 cm³/mol. The fraction of sp³-hybridized carbons (Fsp3) is 0.448. The van der Waals surface area contributed by atoms with Gasteiger partial charge < -0.3 is 14.4 Å². The van der Waals surface area contributed by atoms with E-state index in [-0.39, 0.29) is 23.8 Å². The third-order valence-corrected chi connectivity index (χ3v) is 8.39. The lowest BCUT2D eigenvalue weighted by molar-refractivity contribution is -0.137. The van der Waals surface area contributed by atoms with Crippen molar-refractivity contribution in [3.63, 3.8) is 0 Å². The Bertz CT molecular complexity index is 1130. The van der Waals surface area contributed by atoms with E-state index in [2.05, 4.69) is 36.1 Å². The van der Waals surface area contributed by atoms with E-state index in [1.165, 1.54) is 7.11 Å². The third kappa shape index (κ3) is 3.75. The maximum Gasteiger partial charge on any atom is 0.337 e. The number of amides is 1. The minimum Gasteiger partial charge on any atom is -0.504 e. The summed E-state index contributed by atoms with van der Waals surface area (Å²) >= 11 is 0. The number of para-hydroxylation sites is 1. The van der Waals surface area contributed by atoms with Crippen molar-refractivity contribution in [2.45, 2.75) is 44.2 Å². The summed E-state index contributed by atoms with van der Waals surface area (Å²) in [6.07, 6.45) is 4.01. The Kier molecular flexibility index (Phi) is 6.41. The van der Waals surface area contributed by atoms with Crippen LogP contribution in [0.2, 0.25) is 0 Å². The first kappa shape index (κ1) is 23.6. The number of rotatable bonds is 6. The van der Waals surface area contributed by atoms with Crippen molar-refractivity contribution in [1.82, 2.24) is 4.90 Å². The van der Waals surface area contributed by atoms with Gasteiger partial charge in [0.05, 0.1) is 38.0 Å². The molecule has 2 saturated heterocycles. The molecule has 0 aromatic heterocycles. The predicted octanol–water partition coefficient (Wildman–Crippen LogP) is 4.29. The monoisotopic (exact) mass is 474 g/mol. The van der Waals surface area contributed by atoms with Gasteiger partial charge in [-0.15, -0.1) is 0 Å². The van der Waals surface area contributed by atoms with Gasteiger partial charge in [-0.1, -0.05) is 61.9 Å². The lowest BCUT2D eigenvalue weighted by Gasteiger charge is -2.45. The van der Waals surface area contributed by atoms with E-state index in [1.54, 1.807) is 13.4 Å². The molecular weight excluding hydrogens is 440 g/mol. The molecule has 1 amide bonds. The second kappa shape index (κ2) is 9.50. The zero-order chi connectivity index (χ0) is 24.6. The number of carbonyl (C=O) groups excluding carboxylic acids is 2. The zero-order valence-electron chi connectivity index (χ0n) is 20.8. The number of fused-ring (bicyclic) bond motifs is 4. The smallest absolute Gasteiger partial charge is 0.337 e. The molecule has 1 spiro atoms. The molecule has 0 aliphatic carbocycles. The molecule has 0 saturated carbocycles. The second-order valence-electron chi connectivity index (χ2n) is 9.94. The number of anilines is 1. The van der Waals surface area contributed by atoms with Gasteiger partial charge in [0.15, 0.2) is 0 Å². The van der Waals surface area contributed by atoms with Crippen LogP contribution in [0.1, 0.15) is 37.3 Å². The first-order valence-electron chi connectivity index (χ1n) is 12.6. The Balaban J connectivity index is 1.55. The number of esters is 1. The molecule has 3 heterocycles. The molecule has 6 nitrogen and oxygen atoms in total. The summed E-state index contributed by atoms with van der Waals surface area (Å²) in [5, 5.41) is 0. The van der Waals surface area contributed by atoms with Gasteiger partial charge in [0, 0.05) is 18.3 Å². The van der Waals surface area contributed by atoms with Gasteiger partial charge in [-0.2, -0.15) is 0 Å². The van der Waals surface area contributed by atoms with Gasteiger partial charge in [-0.25, -0.2) is 4.79 Å². The fourth-order valence-corrected chi connectivity index (χ4v) is 6.75. The number of benzene rings is 2. The number of piperidine rings is 1. The highest BCUT2D eigenvalue weighted by Crippen LogP contribution is 2.55. The molecule has 0 N–H and O–H groups in total. The Morgan fingerprint density at radius 3 is 2.57 bits per heavy atom. The molecule has 3 aliphatic rings. The zero-order valence-corrected chi connectivity index (χ0v) is 20.8. The van der Waals surface area contributed by atoms with Crippen molar-refractivity contribution in [1.29, 1.82) is 0 Å². The molecule has 4 atom stereocenters. The van der Waals surface area contributed by atoms with Crippen LogP contribution in [0.4, 0.5) is 5.69 Å². The van der Waals surface area contributed by atoms with Crippen molar-refractivity contribution in [3.05, 3.63) is 77.6 Å². The first-order chi connectivity index (χ1) is 17.0. The van der Waals surface area contributed by atoms with Crippen LogP contribution in [0.5, 0.6) is 0 Å². The largest absolute Gasteiger partial charge is 0.504 e. The van der Waals surface area contributed by atoms with Crippen molar-refractivity contribution < 1.29 is 19.1 Å². The molecule has 35 heavy (non-hydrogen) atoms. The number of ether oxygens (including phenoxy) is 2. The first-order valence-corrected chi connectivity index (χ1v) is 12.6. The summed E-state index contributed by atoms with van der Waals surface area (Å²) in [4.78, 5) is 31.6. The van der Waals surface area contributed by atoms with Gasteiger partial charge in [0.25, 0.3) is 0 Å². The lowest BCUT2D eigenvalue weighted by atomic mass is 9.67. The van der Waals surface area contributed by atoms with Crippen molar-refractivity contribution in [2.75, 3.05) is 32.2 Å². The van der Waals surface area contributed by atoms with E-state index in [0.29, 0.717) is 18.0 Å². The van der Waals surface area contributed by atoms with Crippen LogP contribution in [0.25, 0.3) is 0 Å². The Morgan fingerprint density at radius 1 is 1.11 bits per heavy atom. The fourth-order valence-electron chi connectivity index (χ4n) is 6.75. The number of methoxy groups -OCH3 is 2.